The van der Waals surface area contributed by atoms with Crippen molar-refractivity contribution in [1.82, 2.24) is 14.9 Å². The number of thiophene rings is 1. The second-order valence-corrected chi connectivity index (χ2v) is 8.92. The van der Waals surface area contributed by atoms with Gasteiger partial charge >= 0.3 is 0 Å². The number of rotatable bonds is 7. The van der Waals surface area contributed by atoms with Crippen molar-refractivity contribution in [3.05, 3.63) is 86.3 Å². The van der Waals surface area contributed by atoms with Gasteiger partial charge in [0.15, 0.2) is 0 Å². The molecule has 4 nitrogen and oxygen atoms in total. The highest BCUT2D eigenvalue weighted by atomic mass is 35.5. The molecule has 1 amide bonds. The number of aromatic nitrogens is 2. The molecule has 0 aliphatic rings. The molecule has 0 aliphatic carbocycles. The molecule has 0 fully saturated rings. The average molecular weight is 458 g/mol. The summed E-state index contributed by atoms with van der Waals surface area (Å²) >= 11 is 13.9. The number of benzene rings is 2. The molecule has 0 spiro atoms. The molecule has 2 aromatic heterocycles. The largest absolute Gasteiger partial charge is 0.346 e. The summed E-state index contributed by atoms with van der Waals surface area (Å²) in [6.45, 7) is 2.64. The number of nitrogens with one attached hydrogen (secondary N) is 1. The van der Waals surface area contributed by atoms with Crippen LogP contribution in [0.3, 0.4) is 0 Å². The number of hydrogen-bond acceptors (Lipinski definition) is 3. The van der Waals surface area contributed by atoms with Crippen molar-refractivity contribution in [2.24, 2.45) is 0 Å². The number of para-hydroxylation sites is 2. The Morgan fingerprint density at radius 2 is 1.97 bits per heavy atom. The van der Waals surface area contributed by atoms with E-state index >= 15 is 0 Å². The maximum absolute atomic E-state index is 12.6. The lowest BCUT2D eigenvalue weighted by Crippen LogP contribution is -2.31. The van der Waals surface area contributed by atoms with Crippen molar-refractivity contribution in [3.8, 4) is 0 Å². The van der Waals surface area contributed by atoms with Crippen LogP contribution in [-0.2, 0) is 17.8 Å². The van der Waals surface area contributed by atoms with Crippen LogP contribution in [-0.4, -0.2) is 15.5 Å². The van der Waals surface area contributed by atoms with Crippen LogP contribution in [0.5, 0.6) is 0 Å². The molecule has 1 N–H and O–H groups in total. The molecule has 4 rings (SSSR count). The minimum Gasteiger partial charge on any atom is -0.346 e. The maximum Gasteiger partial charge on any atom is 0.225 e. The van der Waals surface area contributed by atoms with E-state index in [1.54, 1.807) is 17.4 Å². The van der Waals surface area contributed by atoms with E-state index in [-0.39, 0.29) is 11.9 Å². The van der Waals surface area contributed by atoms with Gasteiger partial charge in [0.1, 0.15) is 5.82 Å². The predicted molar refractivity (Wildman–Crippen MR) is 124 cm³/mol. The van der Waals surface area contributed by atoms with Gasteiger partial charge in [-0.3, -0.25) is 4.79 Å². The first-order chi connectivity index (χ1) is 14.5. The number of carbonyl (C=O) groups excluding carboxylic acids is 1. The lowest BCUT2D eigenvalue weighted by molar-refractivity contribution is -0.121. The number of imidazole rings is 1. The highest BCUT2D eigenvalue weighted by Crippen LogP contribution is 2.27. The summed E-state index contributed by atoms with van der Waals surface area (Å²) in [5.74, 6) is 0.835. The molecule has 0 saturated carbocycles. The molecular weight excluding hydrogens is 437 g/mol. The molecule has 4 aromatic rings. The van der Waals surface area contributed by atoms with Crippen LogP contribution in [0.2, 0.25) is 10.0 Å². The Kier molecular flexibility index (Phi) is 6.42. The van der Waals surface area contributed by atoms with Gasteiger partial charge in [0, 0.05) is 11.4 Å². The first-order valence-electron chi connectivity index (χ1n) is 9.76. The first kappa shape index (κ1) is 20.9. The zero-order valence-electron chi connectivity index (χ0n) is 16.4. The molecule has 0 radical (unpaired) electrons. The van der Waals surface area contributed by atoms with Crippen LogP contribution in [0.25, 0.3) is 11.0 Å². The second-order valence-electron chi connectivity index (χ2n) is 7.08. The van der Waals surface area contributed by atoms with Gasteiger partial charge in [0.25, 0.3) is 0 Å². The van der Waals surface area contributed by atoms with Crippen LogP contribution in [0.4, 0.5) is 0 Å². The third-order valence-electron chi connectivity index (χ3n) is 4.98. The third-order valence-corrected chi connectivity index (χ3v) is 6.59. The van der Waals surface area contributed by atoms with Crippen molar-refractivity contribution in [3.63, 3.8) is 0 Å². The molecule has 2 aromatic carbocycles. The molecule has 7 heteroatoms. The van der Waals surface area contributed by atoms with Gasteiger partial charge in [-0.15, -0.1) is 11.3 Å². The van der Waals surface area contributed by atoms with E-state index in [1.807, 2.05) is 53.9 Å². The minimum atomic E-state index is -0.187. The van der Waals surface area contributed by atoms with Crippen LogP contribution >= 0.6 is 34.5 Å². The number of fused-ring (bicyclic) bond motifs is 1. The SMILES string of the molecule is CCC(NC(=O)Cc1cccs1)c1nc2ccccc2n1Cc1ccc(Cl)c(Cl)c1. The highest BCUT2D eigenvalue weighted by Gasteiger charge is 2.21. The molecule has 0 bridgehead atoms. The van der Waals surface area contributed by atoms with E-state index in [4.69, 9.17) is 28.2 Å². The molecule has 30 heavy (non-hydrogen) atoms. The average Bonchev–Trinajstić information content (AvgIpc) is 3.37. The number of carbonyl (C=O) groups is 1. The van der Waals surface area contributed by atoms with Gasteiger partial charge in [0.2, 0.25) is 5.91 Å². The molecule has 154 valence electrons. The summed E-state index contributed by atoms with van der Waals surface area (Å²) < 4.78 is 2.15. The summed E-state index contributed by atoms with van der Waals surface area (Å²) in [6, 6.07) is 17.4. The summed E-state index contributed by atoms with van der Waals surface area (Å²) in [4.78, 5) is 18.6. The standard InChI is InChI=1S/C23H21Cl2N3OS/c1-2-19(26-22(29)13-16-6-5-11-30-16)23-27-20-7-3-4-8-21(20)28(23)14-15-9-10-17(24)18(25)12-15/h3-12,19H,2,13-14H2,1H3,(H,26,29). The molecular formula is C23H21Cl2N3OS. The van der Waals surface area contributed by atoms with Gasteiger partial charge < -0.3 is 9.88 Å². The van der Waals surface area contributed by atoms with Gasteiger partial charge in [-0.05, 0) is 47.7 Å². The lowest BCUT2D eigenvalue weighted by atomic mass is 10.1. The van der Waals surface area contributed by atoms with Gasteiger partial charge in [-0.25, -0.2) is 4.98 Å². The van der Waals surface area contributed by atoms with E-state index in [0.29, 0.717) is 23.0 Å². The van der Waals surface area contributed by atoms with E-state index in [9.17, 15) is 4.79 Å². The van der Waals surface area contributed by atoms with E-state index in [1.165, 1.54) is 0 Å². The monoisotopic (exact) mass is 457 g/mol. The maximum atomic E-state index is 12.6. The van der Waals surface area contributed by atoms with Crippen LogP contribution in [0, 0.1) is 0 Å². The number of nitrogens with zero attached hydrogens (tertiary/aromatic N) is 2. The van der Waals surface area contributed by atoms with E-state index in [0.717, 1.165) is 33.7 Å². The van der Waals surface area contributed by atoms with Crippen molar-refractivity contribution < 1.29 is 4.79 Å². The Bertz CT molecular complexity index is 1170. The normalized spacial score (nSPS) is 12.2. The Morgan fingerprint density at radius 1 is 1.13 bits per heavy atom. The van der Waals surface area contributed by atoms with Crippen molar-refractivity contribution >= 4 is 51.5 Å². The Hall–Kier alpha value is -2.34. The van der Waals surface area contributed by atoms with Crippen molar-refractivity contribution in [1.29, 1.82) is 0 Å². The number of halogens is 2. The van der Waals surface area contributed by atoms with Gasteiger partial charge in [-0.2, -0.15) is 0 Å². The first-order valence-corrected chi connectivity index (χ1v) is 11.4. The lowest BCUT2D eigenvalue weighted by Gasteiger charge is -2.19. The minimum absolute atomic E-state index is 0.00237. The Morgan fingerprint density at radius 3 is 2.70 bits per heavy atom. The fraction of sp³-hybridized carbons (Fsp3) is 0.217. The highest BCUT2D eigenvalue weighted by molar-refractivity contribution is 7.10. The molecule has 0 saturated heterocycles. The van der Waals surface area contributed by atoms with Crippen LogP contribution < -0.4 is 5.32 Å². The van der Waals surface area contributed by atoms with E-state index < -0.39 is 0 Å². The predicted octanol–water partition coefficient (Wildman–Crippen LogP) is 6.26. The summed E-state index contributed by atoms with van der Waals surface area (Å²) in [6.07, 6.45) is 1.11. The fourth-order valence-electron chi connectivity index (χ4n) is 3.51. The topological polar surface area (TPSA) is 46.9 Å². The Balaban J connectivity index is 1.67. The number of amides is 1. The second kappa shape index (κ2) is 9.21. The van der Waals surface area contributed by atoms with E-state index in [2.05, 4.69) is 16.8 Å². The quantitative estimate of drug-likeness (QED) is 0.355. The van der Waals surface area contributed by atoms with Crippen LogP contribution in [0.15, 0.2) is 60.0 Å². The molecule has 1 atom stereocenters. The Labute approximate surface area is 189 Å². The smallest absolute Gasteiger partial charge is 0.225 e. The molecule has 2 heterocycles. The summed E-state index contributed by atoms with van der Waals surface area (Å²) in [5, 5.41) is 6.20. The molecule has 1 unspecified atom stereocenters. The van der Waals surface area contributed by atoms with Gasteiger partial charge in [0.05, 0.1) is 33.5 Å². The summed E-state index contributed by atoms with van der Waals surface area (Å²) in [7, 11) is 0. The summed E-state index contributed by atoms with van der Waals surface area (Å²) in [5.41, 5.74) is 2.94. The van der Waals surface area contributed by atoms with Crippen LogP contribution in [0.1, 0.15) is 35.7 Å². The van der Waals surface area contributed by atoms with Crippen molar-refractivity contribution in [2.75, 3.05) is 0 Å². The zero-order valence-corrected chi connectivity index (χ0v) is 18.8. The fourth-order valence-corrected chi connectivity index (χ4v) is 4.54. The zero-order chi connectivity index (χ0) is 21.1. The van der Waals surface area contributed by atoms with Crippen molar-refractivity contribution in [2.45, 2.75) is 32.4 Å². The van der Waals surface area contributed by atoms with Gasteiger partial charge in [-0.1, -0.05) is 54.4 Å². The third kappa shape index (κ3) is 4.53. The number of hydrogen-bond donors (Lipinski definition) is 1. The molecule has 0 aliphatic heterocycles.